The van der Waals surface area contributed by atoms with Crippen molar-refractivity contribution in [3.63, 3.8) is 0 Å². The van der Waals surface area contributed by atoms with Crippen LogP contribution >= 0.6 is 22.6 Å². The maximum absolute atomic E-state index is 10.6. The molecule has 0 aliphatic carbocycles. The molecule has 2 N–H and O–H groups in total. The first kappa shape index (κ1) is 11.4. The first-order valence-electron chi connectivity index (χ1n) is 3.45. The average Bonchev–Trinajstić information content (AvgIpc) is 2.08. The summed E-state index contributed by atoms with van der Waals surface area (Å²) in [5.41, 5.74) is 6.60. The van der Waals surface area contributed by atoms with Gasteiger partial charge in [0, 0.05) is 5.56 Å². The molecule has 1 aromatic carbocycles. The van der Waals surface area contributed by atoms with E-state index in [2.05, 4.69) is 22.6 Å². The van der Waals surface area contributed by atoms with Gasteiger partial charge in [-0.25, -0.2) is 0 Å². The van der Waals surface area contributed by atoms with Crippen LogP contribution in [0.1, 0.15) is 15.9 Å². The summed E-state index contributed by atoms with van der Waals surface area (Å²) in [6.07, 6.45) is 0. The lowest BCUT2D eigenvalue weighted by atomic mass is 10.1. The molecule has 0 fully saturated rings. The Morgan fingerprint density at radius 3 is 2.17 bits per heavy atom. The smallest absolute Gasteiger partial charge is 0.248 e. The number of hydrogen-bond acceptors (Lipinski definition) is 1. The van der Waals surface area contributed by atoms with Gasteiger partial charge in [0.25, 0.3) is 0 Å². The van der Waals surface area contributed by atoms with Gasteiger partial charge in [0.05, 0.1) is 0 Å². The number of benzene rings is 1. The number of halogens is 1. The van der Waals surface area contributed by atoms with Gasteiger partial charge in [-0.1, -0.05) is 40.8 Å². The van der Waals surface area contributed by atoms with Crippen LogP contribution in [0.25, 0.3) is 0 Å². The van der Waals surface area contributed by atoms with Gasteiger partial charge in [-0.05, 0) is 23.5 Å². The van der Waals surface area contributed by atoms with Crippen molar-refractivity contribution in [1.29, 1.82) is 0 Å². The molecule has 0 saturated carbocycles. The molecule has 0 heterocycles. The maximum Gasteiger partial charge on any atom is 0.248 e. The number of alkyl halides is 1. The second-order valence-corrected chi connectivity index (χ2v) is 2.18. The zero-order chi connectivity index (χ0) is 9.56. The molecule has 0 saturated heterocycles. The Labute approximate surface area is 86.3 Å². The Morgan fingerprint density at radius 1 is 1.33 bits per heavy atom. The predicted molar refractivity (Wildman–Crippen MR) is 59.6 cm³/mol. The van der Waals surface area contributed by atoms with Crippen molar-refractivity contribution in [1.82, 2.24) is 0 Å². The Balaban J connectivity index is 0.000000561. The van der Waals surface area contributed by atoms with Gasteiger partial charge >= 0.3 is 0 Å². The normalized spacial score (nSPS) is 8.25. The van der Waals surface area contributed by atoms with E-state index in [1.807, 2.05) is 24.0 Å². The van der Waals surface area contributed by atoms with Gasteiger partial charge in [0.15, 0.2) is 0 Å². The number of carbonyl (C=O) groups is 1. The monoisotopic (exact) mass is 277 g/mol. The minimum Gasteiger partial charge on any atom is -0.366 e. The summed E-state index contributed by atoms with van der Waals surface area (Å²) in [5, 5.41) is 0. The van der Waals surface area contributed by atoms with E-state index in [9.17, 15) is 4.79 Å². The van der Waals surface area contributed by atoms with Gasteiger partial charge in [-0.2, -0.15) is 0 Å². The first-order valence-corrected chi connectivity index (χ1v) is 5.61. The molecule has 0 aliphatic rings. The van der Waals surface area contributed by atoms with Crippen LogP contribution in [0.3, 0.4) is 0 Å². The maximum atomic E-state index is 10.6. The van der Waals surface area contributed by atoms with Gasteiger partial charge < -0.3 is 5.73 Å². The third-order valence-electron chi connectivity index (χ3n) is 1.41. The van der Waals surface area contributed by atoms with Crippen LogP contribution in [-0.2, 0) is 0 Å². The first-order chi connectivity index (χ1) is 5.72. The molecule has 66 valence electrons. The Kier molecular flexibility index (Phi) is 5.70. The number of primary amides is 1. The molecule has 12 heavy (non-hydrogen) atoms. The molecule has 3 heteroatoms. The van der Waals surface area contributed by atoms with Crippen molar-refractivity contribution in [2.75, 3.05) is 4.93 Å². The number of rotatable bonds is 1. The quantitative estimate of drug-likeness (QED) is 0.620. The lowest BCUT2D eigenvalue weighted by molar-refractivity contribution is 0.0999. The van der Waals surface area contributed by atoms with Gasteiger partial charge in [0.2, 0.25) is 5.91 Å². The highest BCUT2D eigenvalue weighted by Gasteiger charge is 2.00. The van der Waals surface area contributed by atoms with Crippen LogP contribution in [-0.4, -0.2) is 10.8 Å². The van der Waals surface area contributed by atoms with Crippen molar-refractivity contribution in [3.05, 3.63) is 35.4 Å². The molecule has 0 unspecified atom stereocenters. The molecule has 0 radical (unpaired) electrons. The summed E-state index contributed by atoms with van der Waals surface area (Å²) in [5.74, 6) is -0.363. The lowest BCUT2D eigenvalue weighted by Gasteiger charge is -1.97. The molecule has 2 nitrogen and oxygen atoms in total. The van der Waals surface area contributed by atoms with Crippen LogP contribution in [0.15, 0.2) is 24.3 Å². The second kappa shape index (κ2) is 5.99. The summed E-state index contributed by atoms with van der Waals surface area (Å²) in [4.78, 5) is 12.6. The van der Waals surface area contributed by atoms with E-state index in [-0.39, 0.29) is 5.91 Å². The zero-order valence-electron chi connectivity index (χ0n) is 7.17. The topological polar surface area (TPSA) is 43.1 Å². The number of amides is 1. The summed E-state index contributed by atoms with van der Waals surface area (Å²) in [6.45, 7) is 1.86. The minimum atomic E-state index is -0.363. The molecule has 0 aliphatic heterocycles. The van der Waals surface area contributed by atoms with Crippen LogP contribution in [0.2, 0.25) is 0 Å². The van der Waals surface area contributed by atoms with E-state index in [1.54, 1.807) is 12.1 Å². The molecule has 1 amide bonds. The van der Waals surface area contributed by atoms with Crippen LogP contribution < -0.4 is 5.73 Å². The Morgan fingerprint density at radius 2 is 1.83 bits per heavy atom. The van der Waals surface area contributed by atoms with E-state index < -0.39 is 0 Å². The highest BCUT2D eigenvalue weighted by atomic mass is 127. The van der Waals surface area contributed by atoms with Crippen molar-refractivity contribution in [2.45, 2.75) is 6.92 Å². The van der Waals surface area contributed by atoms with E-state index in [1.165, 1.54) is 0 Å². The van der Waals surface area contributed by atoms with Crippen molar-refractivity contribution < 1.29 is 4.79 Å². The standard InChI is InChI=1S/C8H9NO.CH3I/c1-6-4-2-3-5-7(6)8(9)10;1-2/h2-5H,1H3,(H2,9,10);1H3. The van der Waals surface area contributed by atoms with Crippen molar-refractivity contribution in [3.8, 4) is 0 Å². The number of carbonyl (C=O) groups excluding carboxylic acids is 1. The fourth-order valence-corrected chi connectivity index (χ4v) is 0.849. The van der Waals surface area contributed by atoms with Crippen LogP contribution in [0, 0.1) is 6.92 Å². The second-order valence-electron chi connectivity index (χ2n) is 2.18. The van der Waals surface area contributed by atoms with Gasteiger partial charge in [-0.3, -0.25) is 4.79 Å². The Hall–Kier alpha value is -0.580. The summed E-state index contributed by atoms with van der Waals surface area (Å²) >= 11 is 2.15. The van der Waals surface area contributed by atoms with Crippen LogP contribution in [0.5, 0.6) is 0 Å². The zero-order valence-corrected chi connectivity index (χ0v) is 9.33. The third kappa shape index (κ3) is 3.21. The Bertz CT molecular complexity index is 260. The molecule has 0 bridgehead atoms. The van der Waals surface area contributed by atoms with Crippen molar-refractivity contribution in [2.24, 2.45) is 5.73 Å². The molecule has 0 atom stereocenters. The molecule has 1 rings (SSSR count). The van der Waals surface area contributed by atoms with Gasteiger partial charge in [0.1, 0.15) is 0 Å². The fraction of sp³-hybridized carbons (Fsp3) is 0.222. The van der Waals surface area contributed by atoms with E-state index in [0.29, 0.717) is 5.56 Å². The molecular weight excluding hydrogens is 265 g/mol. The summed E-state index contributed by atoms with van der Waals surface area (Å²) < 4.78 is 0. The predicted octanol–water partition coefficient (Wildman–Crippen LogP) is 2.15. The molecular formula is C9H12INO. The van der Waals surface area contributed by atoms with E-state index in [0.717, 1.165) is 5.56 Å². The fourth-order valence-electron chi connectivity index (χ4n) is 0.849. The van der Waals surface area contributed by atoms with Gasteiger partial charge in [-0.15, -0.1) is 0 Å². The minimum absolute atomic E-state index is 0.363. The lowest BCUT2D eigenvalue weighted by Crippen LogP contribution is -2.12. The summed E-state index contributed by atoms with van der Waals surface area (Å²) in [7, 11) is 0. The van der Waals surface area contributed by atoms with Crippen molar-refractivity contribution >= 4 is 28.5 Å². The van der Waals surface area contributed by atoms with Crippen LogP contribution in [0.4, 0.5) is 0 Å². The highest BCUT2D eigenvalue weighted by molar-refractivity contribution is 14.1. The molecule has 0 aromatic heterocycles. The highest BCUT2D eigenvalue weighted by Crippen LogP contribution is 2.04. The summed E-state index contributed by atoms with van der Waals surface area (Å²) in [6, 6.07) is 7.26. The number of hydrogen-bond donors (Lipinski definition) is 1. The average molecular weight is 277 g/mol. The number of nitrogens with two attached hydrogens (primary N) is 1. The van der Waals surface area contributed by atoms with E-state index >= 15 is 0 Å². The van der Waals surface area contributed by atoms with E-state index in [4.69, 9.17) is 5.73 Å². The number of aryl methyl sites for hydroxylation is 1. The largest absolute Gasteiger partial charge is 0.366 e. The molecule has 0 spiro atoms. The third-order valence-corrected chi connectivity index (χ3v) is 1.41. The molecule has 1 aromatic rings. The SMILES string of the molecule is CI.Cc1ccccc1C(N)=O.